The number of thiazole rings is 1. The van der Waals surface area contributed by atoms with E-state index in [2.05, 4.69) is 20.6 Å². The zero-order valence-corrected chi connectivity index (χ0v) is 13.4. The molecule has 0 fully saturated rings. The molecule has 2 heterocycles. The molecule has 0 aliphatic carbocycles. The fourth-order valence-corrected chi connectivity index (χ4v) is 2.74. The second-order valence-corrected chi connectivity index (χ2v) is 5.73. The zero-order valence-electron chi connectivity index (χ0n) is 12.6. The van der Waals surface area contributed by atoms with Crippen LogP contribution in [0.15, 0.2) is 60.2 Å². The summed E-state index contributed by atoms with van der Waals surface area (Å²) in [6.07, 6.45) is 3.37. The molecule has 0 saturated carbocycles. The highest BCUT2D eigenvalue weighted by Gasteiger charge is 2.10. The van der Waals surface area contributed by atoms with Crippen molar-refractivity contribution in [2.75, 3.05) is 11.9 Å². The van der Waals surface area contributed by atoms with Crippen LogP contribution in [0.4, 0.5) is 5.13 Å². The summed E-state index contributed by atoms with van der Waals surface area (Å²) in [5.41, 5.74) is 2.21. The van der Waals surface area contributed by atoms with Crippen molar-refractivity contribution >= 4 is 28.3 Å². The minimum atomic E-state index is -0.324. The average Bonchev–Trinajstić information content (AvgIpc) is 3.09. The number of hydrogen-bond donors (Lipinski definition) is 2. The van der Waals surface area contributed by atoms with E-state index >= 15 is 0 Å². The predicted octanol–water partition coefficient (Wildman–Crippen LogP) is 2.57. The van der Waals surface area contributed by atoms with Crippen LogP contribution in [0, 0.1) is 0 Å². The van der Waals surface area contributed by atoms with Crippen LogP contribution in [0.2, 0.25) is 0 Å². The van der Waals surface area contributed by atoms with Gasteiger partial charge in [0.25, 0.3) is 5.91 Å². The Bertz CT molecular complexity index is 834. The maximum Gasteiger partial charge on any atom is 0.251 e. The maximum absolute atomic E-state index is 11.9. The summed E-state index contributed by atoms with van der Waals surface area (Å²) in [7, 11) is 0. The van der Waals surface area contributed by atoms with Gasteiger partial charge in [-0.15, -0.1) is 11.3 Å². The van der Waals surface area contributed by atoms with Gasteiger partial charge in [-0.25, -0.2) is 4.98 Å². The summed E-state index contributed by atoms with van der Waals surface area (Å²) in [5, 5.41) is 7.59. The molecule has 0 atom stereocenters. The van der Waals surface area contributed by atoms with Crippen molar-refractivity contribution < 1.29 is 9.59 Å². The van der Waals surface area contributed by atoms with Crippen LogP contribution < -0.4 is 10.6 Å². The highest BCUT2D eigenvalue weighted by molar-refractivity contribution is 7.14. The van der Waals surface area contributed by atoms with E-state index in [0.717, 1.165) is 11.3 Å². The van der Waals surface area contributed by atoms with Crippen molar-refractivity contribution in [2.45, 2.75) is 0 Å². The van der Waals surface area contributed by atoms with E-state index < -0.39 is 0 Å². The predicted molar refractivity (Wildman–Crippen MR) is 92.7 cm³/mol. The normalized spacial score (nSPS) is 10.2. The van der Waals surface area contributed by atoms with Gasteiger partial charge in [-0.3, -0.25) is 14.6 Å². The Morgan fingerprint density at radius 3 is 2.54 bits per heavy atom. The van der Waals surface area contributed by atoms with Gasteiger partial charge in [-0.1, -0.05) is 18.2 Å². The van der Waals surface area contributed by atoms with Crippen molar-refractivity contribution in [1.29, 1.82) is 0 Å². The van der Waals surface area contributed by atoms with Gasteiger partial charge in [0.15, 0.2) is 5.13 Å². The molecule has 0 aliphatic rings. The van der Waals surface area contributed by atoms with E-state index in [9.17, 15) is 9.59 Å². The third-order valence-corrected chi connectivity index (χ3v) is 3.93. The van der Waals surface area contributed by atoms with E-state index in [1.54, 1.807) is 36.7 Å². The minimum Gasteiger partial charge on any atom is -0.343 e. The number of hydrogen-bond acceptors (Lipinski definition) is 5. The van der Waals surface area contributed by atoms with Crippen LogP contribution >= 0.6 is 11.3 Å². The lowest BCUT2D eigenvalue weighted by atomic mass is 10.2. The molecule has 24 heavy (non-hydrogen) atoms. The molecular formula is C17H14N4O2S. The lowest BCUT2D eigenvalue weighted by Crippen LogP contribution is -2.32. The largest absolute Gasteiger partial charge is 0.343 e. The van der Waals surface area contributed by atoms with Crippen LogP contribution in [0.5, 0.6) is 0 Å². The van der Waals surface area contributed by atoms with Crippen molar-refractivity contribution in [2.24, 2.45) is 0 Å². The topological polar surface area (TPSA) is 84.0 Å². The van der Waals surface area contributed by atoms with Gasteiger partial charge in [0, 0.05) is 28.9 Å². The third kappa shape index (κ3) is 4.02. The molecule has 0 saturated heterocycles. The molecule has 7 heteroatoms. The first-order valence-corrected chi connectivity index (χ1v) is 8.09. The maximum atomic E-state index is 11.9. The Labute approximate surface area is 142 Å². The second kappa shape index (κ2) is 7.47. The molecule has 0 unspecified atom stereocenters. The highest BCUT2D eigenvalue weighted by atomic mass is 32.1. The first kappa shape index (κ1) is 15.8. The summed E-state index contributed by atoms with van der Waals surface area (Å²) in [4.78, 5) is 32.1. The Morgan fingerprint density at radius 1 is 1.04 bits per heavy atom. The third-order valence-electron chi connectivity index (χ3n) is 3.17. The first-order valence-electron chi connectivity index (χ1n) is 7.21. The summed E-state index contributed by atoms with van der Waals surface area (Å²) >= 11 is 1.33. The van der Waals surface area contributed by atoms with E-state index in [0.29, 0.717) is 10.7 Å². The van der Waals surface area contributed by atoms with Crippen LogP contribution in [0.25, 0.3) is 11.3 Å². The summed E-state index contributed by atoms with van der Waals surface area (Å²) in [5.74, 6) is -0.614. The lowest BCUT2D eigenvalue weighted by Gasteiger charge is -2.05. The van der Waals surface area contributed by atoms with Gasteiger partial charge >= 0.3 is 0 Å². The Balaban J connectivity index is 1.54. The number of amides is 2. The Hall–Kier alpha value is -3.06. The van der Waals surface area contributed by atoms with Gasteiger partial charge in [0.05, 0.1) is 12.2 Å². The number of carbonyl (C=O) groups is 2. The number of carbonyl (C=O) groups excluding carboxylic acids is 2. The summed E-state index contributed by atoms with van der Waals surface area (Å²) < 4.78 is 0. The second-order valence-electron chi connectivity index (χ2n) is 4.87. The quantitative estimate of drug-likeness (QED) is 0.749. The molecule has 2 aromatic heterocycles. The Kier molecular flexibility index (Phi) is 4.93. The first-order chi connectivity index (χ1) is 11.7. The molecule has 0 aliphatic heterocycles. The smallest absolute Gasteiger partial charge is 0.251 e. The van der Waals surface area contributed by atoms with E-state index in [1.165, 1.54) is 11.3 Å². The summed E-state index contributed by atoms with van der Waals surface area (Å²) in [6, 6.07) is 12.4. The minimum absolute atomic E-state index is 0.113. The van der Waals surface area contributed by atoms with Crippen molar-refractivity contribution in [3.05, 3.63) is 65.8 Å². The number of aromatic nitrogens is 2. The van der Waals surface area contributed by atoms with Crippen molar-refractivity contribution in [3.8, 4) is 11.3 Å². The van der Waals surface area contributed by atoms with Gasteiger partial charge in [-0.2, -0.15) is 0 Å². The number of benzene rings is 1. The average molecular weight is 338 g/mol. The molecule has 6 nitrogen and oxygen atoms in total. The number of pyridine rings is 1. The fraction of sp³-hybridized carbons (Fsp3) is 0.0588. The molecule has 1 aromatic carbocycles. The van der Waals surface area contributed by atoms with Crippen LogP contribution in [-0.4, -0.2) is 28.3 Å². The molecular weight excluding hydrogens is 324 g/mol. The van der Waals surface area contributed by atoms with Crippen LogP contribution in [0.3, 0.4) is 0 Å². The van der Waals surface area contributed by atoms with Crippen LogP contribution in [0.1, 0.15) is 10.4 Å². The number of nitrogens with one attached hydrogen (secondary N) is 2. The summed E-state index contributed by atoms with van der Waals surface area (Å²) in [6.45, 7) is -0.113. The van der Waals surface area contributed by atoms with Gasteiger partial charge in [0.2, 0.25) is 5.91 Å². The Morgan fingerprint density at radius 2 is 1.79 bits per heavy atom. The van der Waals surface area contributed by atoms with E-state index in [4.69, 9.17) is 0 Å². The molecule has 3 aromatic rings. The molecule has 0 spiro atoms. The standard InChI is InChI=1S/C17H14N4O2S/c22-15(10-19-16(23)13-4-2-1-3-5-13)21-17-20-14(11-24-17)12-6-8-18-9-7-12/h1-9,11H,10H2,(H,19,23)(H,20,21,22). The van der Waals surface area contributed by atoms with Gasteiger partial charge in [0.1, 0.15) is 0 Å². The van der Waals surface area contributed by atoms with Crippen molar-refractivity contribution in [1.82, 2.24) is 15.3 Å². The fourth-order valence-electron chi connectivity index (χ4n) is 2.00. The number of rotatable bonds is 5. The number of nitrogens with zero attached hydrogens (tertiary/aromatic N) is 2. The van der Waals surface area contributed by atoms with E-state index in [-0.39, 0.29) is 18.4 Å². The highest BCUT2D eigenvalue weighted by Crippen LogP contribution is 2.24. The molecule has 0 bridgehead atoms. The van der Waals surface area contributed by atoms with E-state index in [1.807, 2.05) is 23.6 Å². The monoisotopic (exact) mass is 338 g/mol. The SMILES string of the molecule is O=C(CNC(=O)c1ccccc1)Nc1nc(-c2ccncc2)cs1. The van der Waals surface area contributed by atoms with Gasteiger partial charge in [-0.05, 0) is 24.3 Å². The molecule has 0 radical (unpaired) electrons. The molecule has 120 valence electrons. The number of anilines is 1. The zero-order chi connectivity index (χ0) is 16.8. The van der Waals surface area contributed by atoms with Crippen LogP contribution in [-0.2, 0) is 4.79 Å². The molecule has 3 rings (SSSR count). The molecule has 2 amide bonds. The van der Waals surface area contributed by atoms with Gasteiger partial charge < -0.3 is 10.6 Å². The molecule has 2 N–H and O–H groups in total. The van der Waals surface area contributed by atoms with Crippen molar-refractivity contribution in [3.63, 3.8) is 0 Å². The lowest BCUT2D eigenvalue weighted by molar-refractivity contribution is -0.115.